The minimum absolute atomic E-state index is 0.226. The van der Waals surface area contributed by atoms with Crippen LogP contribution in [0, 0.1) is 0 Å². The van der Waals surface area contributed by atoms with E-state index >= 15 is 0 Å². The summed E-state index contributed by atoms with van der Waals surface area (Å²) < 4.78 is 31.5. The highest BCUT2D eigenvalue weighted by atomic mass is 35.5. The monoisotopic (exact) mass is 313 g/mol. The molecule has 5 nitrogen and oxygen atoms in total. The predicted molar refractivity (Wildman–Crippen MR) is 70.2 cm³/mol. The van der Waals surface area contributed by atoms with Crippen molar-refractivity contribution in [2.45, 2.75) is 19.1 Å². The van der Waals surface area contributed by atoms with Crippen LogP contribution < -0.4 is 0 Å². The molecule has 0 heterocycles. The number of nitrogens with zero attached hydrogens (tertiary/aromatic N) is 1. The summed E-state index contributed by atoms with van der Waals surface area (Å²) >= 11 is 11.8. The fraction of sp³-hybridized carbons (Fsp3) is 0.400. The van der Waals surface area contributed by atoms with Crippen LogP contribution in [0.3, 0.4) is 0 Å². The van der Waals surface area contributed by atoms with Crippen LogP contribution in [-0.2, 0) is 10.3 Å². The van der Waals surface area contributed by atoms with E-state index in [2.05, 4.69) is 0 Å². The maximum atomic E-state index is 11.0. The van der Waals surface area contributed by atoms with Crippen LogP contribution in [0.5, 0.6) is 0 Å². The Morgan fingerprint density at radius 1 is 1.28 bits per heavy atom. The number of hydrogen-bond donors (Lipinski definition) is 2. The lowest BCUT2D eigenvalue weighted by molar-refractivity contribution is 0.104. The van der Waals surface area contributed by atoms with Gasteiger partial charge in [-0.3, -0.25) is 4.55 Å². The summed E-state index contributed by atoms with van der Waals surface area (Å²) in [4.78, 5) is 0. The van der Waals surface area contributed by atoms with E-state index in [9.17, 15) is 13.5 Å². The molecule has 1 aromatic carbocycles. The Bertz CT molecular complexity index is 514. The van der Waals surface area contributed by atoms with E-state index in [1.165, 1.54) is 19.1 Å². The number of aliphatic hydroxyl groups excluding tert-OH is 1. The first-order chi connectivity index (χ1) is 8.16. The second-order valence-corrected chi connectivity index (χ2v) is 6.10. The molecule has 18 heavy (non-hydrogen) atoms. The van der Waals surface area contributed by atoms with Crippen molar-refractivity contribution in [3.05, 3.63) is 33.8 Å². The van der Waals surface area contributed by atoms with Gasteiger partial charge in [0, 0.05) is 22.7 Å². The maximum absolute atomic E-state index is 11.0. The van der Waals surface area contributed by atoms with Crippen LogP contribution in [0.4, 0.5) is 0 Å². The third-order valence-electron chi connectivity index (χ3n) is 2.69. The van der Waals surface area contributed by atoms with Crippen molar-refractivity contribution in [1.29, 1.82) is 0 Å². The second kappa shape index (κ2) is 5.73. The molecule has 0 spiro atoms. The molecule has 0 saturated carbocycles. The predicted octanol–water partition coefficient (Wildman–Crippen LogP) is 2.15. The number of hydrogen-bond acceptors (Lipinski definition) is 3. The van der Waals surface area contributed by atoms with E-state index in [0.29, 0.717) is 4.31 Å². The molecule has 0 aromatic heterocycles. The molecule has 1 aromatic rings. The topological polar surface area (TPSA) is 77.8 Å². The van der Waals surface area contributed by atoms with E-state index in [1.807, 2.05) is 0 Å². The van der Waals surface area contributed by atoms with Gasteiger partial charge in [-0.1, -0.05) is 29.3 Å². The van der Waals surface area contributed by atoms with Crippen LogP contribution in [0.2, 0.25) is 10.0 Å². The quantitative estimate of drug-likeness (QED) is 0.835. The van der Waals surface area contributed by atoms with Gasteiger partial charge in [0.05, 0.1) is 12.1 Å². The molecule has 0 saturated heterocycles. The van der Waals surface area contributed by atoms with E-state index in [0.717, 1.165) is 7.05 Å². The van der Waals surface area contributed by atoms with Crippen LogP contribution in [0.15, 0.2) is 18.2 Å². The van der Waals surface area contributed by atoms with E-state index in [1.54, 1.807) is 6.07 Å². The lowest BCUT2D eigenvalue weighted by Gasteiger charge is -2.27. The van der Waals surface area contributed by atoms with Gasteiger partial charge in [0.15, 0.2) is 0 Å². The fourth-order valence-corrected chi connectivity index (χ4v) is 2.60. The summed E-state index contributed by atoms with van der Waals surface area (Å²) in [5.74, 6) is 0. The molecule has 0 radical (unpaired) electrons. The SMILES string of the molecule is C[C@H]([C@H](O)c1c(Cl)cccc1Cl)N(C)S(=O)(=O)O. The number of halogens is 2. The fourth-order valence-electron chi connectivity index (χ4n) is 1.44. The number of likely N-dealkylation sites (N-methyl/N-ethyl adjacent to an activating group) is 1. The van der Waals surface area contributed by atoms with E-state index < -0.39 is 22.4 Å². The van der Waals surface area contributed by atoms with E-state index in [-0.39, 0.29) is 15.6 Å². The molecule has 0 fully saturated rings. The molecule has 8 heteroatoms. The van der Waals surface area contributed by atoms with E-state index in [4.69, 9.17) is 27.8 Å². The van der Waals surface area contributed by atoms with Crippen LogP contribution in [0.1, 0.15) is 18.6 Å². The van der Waals surface area contributed by atoms with Gasteiger partial charge in [-0.05, 0) is 19.1 Å². The Balaban J connectivity index is 3.11. The normalized spacial score (nSPS) is 15.7. The molecule has 0 amide bonds. The molecule has 0 aliphatic carbocycles. The van der Waals surface area contributed by atoms with Gasteiger partial charge in [-0.25, -0.2) is 0 Å². The van der Waals surface area contributed by atoms with Crippen molar-refractivity contribution >= 4 is 33.5 Å². The molecule has 102 valence electrons. The van der Waals surface area contributed by atoms with Crippen LogP contribution in [-0.4, -0.2) is 35.5 Å². The molecule has 2 N–H and O–H groups in total. The first-order valence-corrected chi connectivity index (χ1v) is 7.14. The zero-order valence-corrected chi connectivity index (χ0v) is 12.0. The van der Waals surface area contributed by atoms with Gasteiger partial charge in [0.1, 0.15) is 0 Å². The van der Waals surface area contributed by atoms with Crippen molar-refractivity contribution in [2.24, 2.45) is 0 Å². The maximum Gasteiger partial charge on any atom is 0.335 e. The Morgan fingerprint density at radius 2 is 1.72 bits per heavy atom. The number of aliphatic hydroxyl groups is 1. The van der Waals surface area contributed by atoms with Crippen molar-refractivity contribution in [3.8, 4) is 0 Å². The summed E-state index contributed by atoms with van der Waals surface area (Å²) in [6, 6.07) is 3.76. The zero-order chi connectivity index (χ0) is 14.1. The summed E-state index contributed by atoms with van der Waals surface area (Å²) in [6.45, 7) is 1.43. The Labute approximate surface area is 116 Å². The molecule has 0 unspecified atom stereocenters. The Kier molecular flexibility index (Phi) is 4.99. The molecular formula is C10H13Cl2NO4S. The molecule has 2 atom stereocenters. The van der Waals surface area contributed by atoms with Crippen LogP contribution >= 0.6 is 23.2 Å². The molecule has 1 rings (SSSR count). The van der Waals surface area contributed by atoms with Gasteiger partial charge < -0.3 is 5.11 Å². The van der Waals surface area contributed by atoms with Gasteiger partial charge >= 0.3 is 10.3 Å². The lowest BCUT2D eigenvalue weighted by atomic mass is 10.0. The van der Waals surface area contributed by atoms with Gasteiger partial charge in [-0.15, -0.1) is 0 Å². The first-order valence-electron chi connectivity index (χ1n) is 4.98. The Morgan fingerprint density at radius 3 is 2.11 bits per heavy atom. The van der Waals surface area contributed by atoms with Gasteiger partial charge in [0.25, 0.3) is 0 Å². The Hall–Kier alpha value is -0.370. The van der Waals surface area contributed by atoms with Crippen molar-refractivity contribution < 1.29 is 18.1 Å². The highest BCUT2D eigenvalue weighted by molar-refractivity contribution is 7.83. The van der Waals surface area contributed by atoms with Crippen molar-refractivity contribution in [1.82, 2.24) is 4.31 Å². The summed E-state index contributed by atoms with van der Waals surface area (Å²) in [5.41, 5.74) is 0.226. The largest absolute Gasteiger partial charge is 0.387 e. The third kappa shape index (κ3) is 3.34. The average molecular weight is 314 g/mol. The molecule has 0 aliphatic rings. The summed E-state index contributed by atoms with van der Waals surface area (Å²) in [6.07, 6.45) is -1.25. The molecule has 0 bridgehead atoms. The highest BCUT2D eigenvalue weighted by Gasteiger charge is 2.29. The van der Waals surface area contributed by atoms with Gasteiger partial charge in [0.2, 0.25) is 0 Å². The minimum Gasteiger partial charge on any atom is -0.387 e. The zero-order valence-electron chi connectivity index (χ0n) is 9.71. The number of rotatable bonds is 4. The molecular weight excluding hydrogens is 301 g/mol. The standard InChI is InChI=1S/C10H13Cl2NO4S/c1-6(13(2)18(15,16)17)10(14)9-7(11)4-3-5-8(9)12/h3-6,10,14H,1-2H3,(H,15,16,17)/t6-,10+/m1/s1. The number of benzene rings is 1. The second-order valence-electron chi connectivity index (χ2n) is 3.81. The van der Waals surface area contributed by atoms with Gasteiger partial charge in [-0.2, -0.15) is 12.7 Å². The highest BCUT2D eigenvalue weighted by Crippen LogP contribution is 2.33. The summed E-state index contributed by atoms with van der Waals surface area (Å²) in [5, 5.41) is 10.6. The lowest BCUT2D eigenvalue weighted by Crippen LogP contribution is -2.38. The van der Waals surface area contributed by atoms with Crippen molar-refractivity contribution in [2.75, 3.05) is 7.05 Å². The minimum atomic E-state index is -4.39. The smallest absolute Gasteiger partial charge is 0.335 e. The average Bonchev–Trinajstić information content (AvgIpc) is 2.25. The molecule has 0 aliphatic heterocycles. The first kappa shape index (κ1) is 15.7. The third-order valence-corrected chi connectivity index (χ3v) is 4.41. The van der Waals surface area contributed by atoms with Crippen molar-refractivity contribution in [3.63, 3.8) is 0 Å². The summed E-state index contributed by atoms with van der Waals surface area (Å²) in [7, 11) is -3.25. The van der Waals surface area contributed by atoms with Crippen LogP contribution in [0.25, 0.3) is 0 Å².